The van der Waals surface area contributed by atoms with Crippen molar-refractivity contribution in [3.05, 3.63) is 29.8 Å². The van der Waals surface area contributed by atoms with Crippen LogP contribution in [0.3, 0.4) is 0 Å². The Kier molecular flexibility index (Phi) is 3.23. The first-order valence-corrected chi connectivity index (χ1v) is 5.28. The van der Waals surface area contributed by atoms with Crippen LogP contribution in [0.1, 0.15) is 18.3 Å². The molecular weight excluding hydrogens is 190 g/mol. The fourth-order valence-corrected chi connectivity index (χ4v) is 1.61. The molecule has 0 atom stereocenters. The van der Waals surface area contributed by atoms with Gasteiger partial charge in [-0.1, -0.05) is 12.1 Å². The molecule has 0 saturated carbocycles. The third kappa shape index (κ3) is 2.49. The van der Waals surface area contributed by atoms with Gasteiger partial charge in [-0.05, 0) is 18.6 Å². The Bertz CT molecular complexity index is 302. The lowest BCUT2D eigenvalue weighted by atomic mass is 10.2. The Morgan fingerprint density at radius 3 is 2.20 bits per heavy atom. The highest BCUT2D eigenvalue weighted by atomic mass is 16.7. The summed E-state index contributed by atoms with van der Waals surface area (Å²) in [6.07, 6.45) is 0.821. The SMILES string of the molecule is CN(C)c1ccc(C2OCCCO2)cc1. The molecule has 0 amide bonds. The topological polar surface area (TPSA) is 21.7 Å². The van der Waals surface area contributed by atoms with Crippen LogP contribution in [-0.2, 0) is 9.47 Å². The number of ether oxygens (including phenoxy) is 2. The van der Waals surface area contributed by atoms with E-state index in [-0.39, 0.29) is 6.29 Å². The zero-order valence-electron chi connectivity index (χ0n) is 9.27. The number of rotatable bonds is 2. The van der Waals surface area contributed by atoms with Crippen LogP contribution in [0.2, 0.25) is 0 Å². The van der Waals surface area contributed by atoms with Crippen molar-refractivity contribution in [2.24, 2.45) is 0 Å². The highest BCUT2D eigenvalue weighted by molar-refractivity contribution is 5.46. The number of anilines is 1. The van der Waals surface area contributed by atoms with E-state index in [0.717, 1.165) is 25.2 Å². The Labute approximate surface area is 90.6 Å². The maximum atomic E-state index is 5.53. The summed E-state index contributed by atoms with van der Waals surface area (Å²) in [4.78, 5) is 2.08. The summed E-state index contributed by atoms with van der Waals surface area (Å²) in [5.41, 5.74) is 2.29. The molecule has 1 aliphatic rings. The Morgan fingerprint density at radius 1 is 1.07 bits per heavy atom. The van der Waals surface area contributed by atoms with Gasteiger partial charge >= 0.3 is 0 Å². The van der Waals surface area contributed by atoms with Gasteiger partial charge in [0, 0.05) is 25.3 Å². The van der Waals surface area contributed by atoms with Gasteiger partial charge in [-0.25, -0.2) is 0 Å². The van der Waals surface area contributed by atoms with E-state index in [2.05, 4.69) is 29.2 Å². The van der Waals surface area contributed by atoms with Crippen LogP contribution in [0.15, 0.2) is 24.3 Å². The van der Waals surface area contributed by atoms with E-state index in [9.17, 15) is 0 Å². The fourth-order valence-electron chi connectivity index (χ4n) is 1.61. The van der Waals surface area contributed by atoms with E-state index < -0.39 is 0 Å². The highest BCUT2D eigenvalue weighted by Gasteiger charge is 2.16. The smallest absolute Gasteiger partial charge is 0.183 e. The monoisotopic (exact) mass is 207 g/mol. The third-order valence-corrected chi connectivity index (χ3v) is 2.51. The quantitative estimate of drug-likeness (QED) is 0.742. The minimum Gasteiger partial charge on any atom is -0.378 e. The maximum absolute atomic E-state index is 5.53. The molecule has 0 bridgehead atoms. The predicted octanol–water partition coefficient (Wildman–Crippen LogP) is 2.19. The van der Waals surface area contributed by atoms with E-state index in [1.165, 1.54) is 5.69 Å². The van der Waals surface area contributed by atoms with Crippen molar-refractivity contribution >= 4 is 5.69 Å². The molecule has 1 aromatic carbocycles. The van der Waals surface area contributed by atoms with Gasteiger partial charge in [-0.15, -0.1) is 0 Å². The van der Waals surface area contributed by atoms with Crippen LogP contribution in [0, 0.1) is 0 Å². The van der Waals surface area contributed by atoms with E-state index in [1.807, 2.05) is 14.1 Å². The molecule has 0 unspecified atom stereocenters. The summed E-state index contributed by atoms with van der Waals surface area (Å²) in [6.45, 7) is 1.58. The fraction of sp³-hybridized carbons (Fsp3) is 0.500. The molecule has 1 heterocycles. The second kappa shape index (κ2) is 4.64. The van der Waals surface area contributed by atoms with Gasteiger partial charge in [0.15, 0.2) is 6.29 Å². The zero-order valence-corrected chi connectivity index (χ0v) is 9.27. The molecule has 0 radical (unpaired) electrons. The third-order valence-electron chi connectivity index (χ3n) is 2.51. The van der Waals surface area contributed by atoms with Crippen LogP contribution in [0.5, 0.6) is 0 Å². The van der Waals surface area contributed by atoms with Crippen molar-refractivity contribution in [3.63, 3.8) is 0 Å². The molecule has 3 nitrogen and oxygen atoms in total. The second-order valence-electron chi connectivity index (χ2n) is 3.91. The number of hydrogen-bond acceptors (Lipinski definition) is 3. The molecule has 82 valence electrons. The Balaban J connectivity index is 2.08. The first-order chi connectivity index (χ1) is 7.27. The van der Waals surface area contributed by atoms with Crippen molar-refractivity contribution in [2.45, 2.75) is 12.7 Å². The van der Waals surface area contributed by atoms with Crippen LogP contribution in [0.25, 0.3) is 0 Å². The summed E-state index contributed by atoms with van der Waals surface area (Å²) < 4.78 is 11.1. The summed E-state index contributed by atoms with van der Waals surface area (Å²) >= 11 is 0. The van der Waals surface area contributed by atoms with Crippen LogP contribution in [0.4, 0.5) is 5.69 Å². The van der Waals surface area contributed by atoms with Gasteiger partial charge in [0.05, 0.1) is 13.2 Å². The summed E-state index contributed by atoms with van der Waals surface area (Å²) in [6, 6.07) is 8.28. The first kappa shape index (κ1) is 10.5. The van der Waals surface area contributed by atoms with E-state index in [4.69, 9.17) is 9.47 Å². The minimum absolute atomic E-state index is 0.171. The molecular formula is C12H17NO2. The van der Waals surface area contributed by atoms with Crippen molar-refractivity contribution in [2.75, 3.05) is 32.2 Å². The Morgan fingerprint density at radius 2 is 1.67 bits per heavy atom. The highest BCUT2D eigenvalue weighted by Crippen LogP contribution is 2.24. The van der Waals surface area contributed by atoms with Gasteiger partial charge in [-0.2, -0.15) is 0 Å². The van der Waals surface area contributed by atoms with Crippen molar-refractivity contribution < 1.29 is 9.47 Å². The summed E-state index contributed by atoms with van der Waals surface area (Å²) in [5, 5.41) is 0. The lowest BCUT2D eigenvalue weighted by Gasteiger charge is -2.24. The largest absolute Gasteiger partial charge is 0.378 e. The van der Waals surface area contributed by atoms with Gasteiger partial charge in [0.2, 0.25) is 0 Å². The van der Waals surface area contributed by atoms with Gasteiger partial charge in [0.25, 0.3) is 0 Å². The molecule has 1 fully saturated rings. The van der Waals surface area contributed by atoms with Crippen LogP contribution >= 0.6 is 0 Å². The van der Waals surface area contributed by atoms with Crippen molar-refractivity contribution in [3.8, 4) is 0 Å². The number of hydrogen-bond donors (Lipinski definition) is 0. The van der Waals surface area contributed by atoms with Crippen LogP contribution in [-0.4, -0.2) is 27.3 Å². The normalized spacial score (nSPS) is 17.7. The van der Waals surface area contributed by atoms with E-state index in [1.54, 1.807) is 0 Å². The molecule has 1 saturated heterocycles. The average Bonchev–Trinajstić information content (AvgIpc) is 2.30. The molecule has 1 aromatic rings. The van der Waals surface area contributed by atoms with E-state index in [0.29, 0.717) is 0 Å². The van der Waals surface area contributed by atoms with Gasteiger partial charge < -0.3 is 14.4 Å². The second-order valence-corrected chi connectivity index (χ2v) is 3.91. The average molecular weight is 207 g/mol. The lowest BCUT2D eigenvalue weighted by molar-refractivity contribution is -0.183. The minimum atomic E-state index is -0.171. The lowest BCUT2D eigenvalue weighted by Crippen LogP contribution is -2.17. The molecule has 1 aliphatic heterocycles. The Hall–Kier alpha value is -1.06. The van der Waals surface area contributed by atoms with Crippen molar-refractivity contribution in [1.82, 2.24) is 0 Å². The molecule has 3 heteroatoms. The maximum Gasteiger partial charge on any atom is 0.183 e. The summed E-state index contributed by atoms with van der Waals surface area (Å²) in [5.74, 6) is 0. The van der Waals surface area contributed by atoms with E-state index >= 15 is 0 Å². The predicted molar refractivity (Wildman–Crippen MR) is 60.0 cm³/mol. The van der Waals surface area contributed by atoms with Crippen LogP contribution < -0.4 is 4.90 Å². The molecule has 2 rings (SSSR count). The first-order valence-electron chi connectivity index (χ1n) is 5.28. The van der Waals surface area contributed by atoms with Gasteiger partial charge in [-0.3, -0.25) is 0 Å². The molecule has 0 aromatic heterocycles. The zero-order chi connectivity index (χ0) is 10.7. The number of nitrogens with zero attached hydrogens (tertiary/aromatic N) is 1. The standard InChI is InChI=1S/C12H17NO2/c1-13(2)11-6-4-10(5-7-11)12-14-8-3-9-15-12/h4-7,12H,3,8-9H2,1-2H3. The molecule has 0 spiro atoms. The molecule has 0 N–H and O–H groups in total. The molecule has 0 aliphatic carbocycles. The molecule has 15 heavy (non-hydrogen) atoms. The summed E-state index contributed by atoms with van der Waals surface area (Å²) in [7, 11) is 4.06. The van der Waals surface area contributed by atoms with Crippen molar-refractivity contribution in [1.29, 1.82) is 0 Å². The van der Waals surface area contributed by atoms with Gasteiger partial charge in [0.1, 0.15) is 0 Å². The number of benzene rings is 1.